The van der Waals surface area contributed by atoms with Gasteiger partial charge in [-0.1, -0.05) is 25.1 Å². The molecule has 0 radical (unpaired) electrons. The van der Waals surface area contributed by atoms with Crippen LogP contribution in [0.15, 0.2) is 40.2 Å². The van der Waals surface area contributed by atoms with Crippen molar-refractivity contribution < 1.29 is 4.79 Å². The van der Waals surface area contributed by atoms with E-state index in [4.69, 9.17) is 0 Å². The normalized spacial score (nSPS) is 12.3. The van der Waals surface area contributed by atoms with Gasteiger partial charge < -0.3 is 16.0 Å². The lowest BCUT2D eigenvalue weighted by Crippen LogP contribution is -2.41. The van der Waals surface area contributed by atoms with Gasteiger partial charge in [-0.15, -0.1) is 35.7 Å². The van der Waals surface area contributed by atoms with Crippen LogP contribution in [0.2, 0.25) is 0 Å². The number of rotatable bonds is 8. The van der Waals surface area contributed by atoms with Crippen LogP contribution in [-0.2, 0) is 4.79 Å². The highest BCUT2D eigenvalue weighted by Gasteiger charge is 2.07. The molecule has 0 heterocycles. The van der Waals surface area contributed by atoms with E-state index in [1.54, 1.807) is 7.05 Å². The summed E-state index contributed by atoms with van der Waals surface area (Å²) in [5.74, 6) is 0.777. The fourth-order valence-corrected chi connectivity index (χ4v) is 2.87. The summed E-state index contributed by atoms with van der Waals surface area (Å²) in [6.07, 6.45) is 0.438. The second-order valence-electron chi connectivity index (χ2n) is 5.59. The number of hydrogen-bond donors (Lipinski definition) is 3. The maximum absolute atomic E-state index is 11.6. The van der Waals surface area contributed by atoms with Gasteiger partial charge in [0.25, 0.3) is 0 Å². The minimum absolute atomic E-state index is 0. The fraction of sp³-hybridized carbons (Fsp3) is 0.529. The molecule has 0 bridgehead atoms. The lowest BCUT2D eigenvalue weighted by atomic mass is 10.3. The van der Waals surface area contributed by atoms with Crippen LogP contribution in [0.25, 0.3) is 0 Å². The topological polar surface area (TPSA) is 65.5 Å². The second-order valence-corrected chi connectivity index (χ2v) is 7.11. The number of amides is 1. The van der Waals surface area contributed by atoms with Crippen LogP contribution in [0.4, 0.5) is 0 Å². The van der Waals surface area contributed by atoms with E-state index in [-0.39, 0.29) is 35.9 Å². The number of carbonyl (C=O) groups is 1. The third-order valence-corrected chi connectivity index (χ3v) is 4.07. The maximum Gasteiger partial charge on any atom is 0.221 e. The molecule has 0 aromatic heterocycles. The van der Waals surface area contributed by atoms with Gasteiger partial charge in [0.2, 0.25) is 5.91 Å². The molecule has 1 aromatic rings. The van der Waals surface area contributed by atoms with E-state index in [0.717, 1.165) is 12.5 Å². The first kappa shape index (κ1) is 23.0. The summed E-state index contributed by atoms with van der Waals surface area (Å²) in [4.78, 5) is 17.0. The zero-order chi connectivity index (χ0) is 17.1. The van der Waals surface area contributed by atoms with E-state index in [0.29, 0.717) is 18.2 Å². The Hall–Kier alpha value is -0.960. The first-order chi connectivity index (χ1) is 11.0. The Morgan fingerprint density at radius 3 is 2.42 bits per heavy atom. The molecule has 24 heavy (non-hydrogen) atoms. The van der Waals surface area contributed by atoms with Gasteiger partial charge in [-0.2, -0.15) is 0 Å². The number of thioether (sulfide) groups is 1. The van der Waals surface area contributed by atoms with Gasteiger partial charge in [-0.3, -0.25) is 9.79 Å². The lowest BCUT2D eigenvalue weighted by Gasteiger charge is -2.16. The third-order valence-electron chi connectivity index (χ3n) is 2.96. The molecular weight excluding hydrogens is 435 g/mol. The lowest BCUT2D eigenvalue weighted by molar-refractivity contribution is -0.121. The third kappa shape index (κ3) is 10.7. The highest BCUT2D eigenvalue weighted by molar-refractivity contribution is 14.0. The molecule has 3 N–H and O–H groups in total. The summed E-state index contributed by atoms with van der Waals surface area (Å²) in [5, 5.41) is 9.74. The van der Waals surface area contributed by atoms with Crippen LogP contribution in [0.3, 0.4) is 0 Å². The molecule has 1 amide bonds. The number of benzene rings is 1. The number of carbonyl (C=O) groups excluding carboxylic acids is 1. The van der Waals surface area contributed by atoms with E-state index in [2.05, 4.69) is 40.0 Å². The fourth-order valence-electron chi connectivity index (χ4n) is 1.92. The molecule has 1 atom stereocenters. The molecular formula is C17H29IN4OS. The summed E-state index contributed by atoms with van der Waals surface area (Å²) in [6, 6.07) is 10.5. The van der Waals surface area contributed by atoms with Crippen LogP contribution < -0.4 is 16.0 Å². The molecule has 0 fully saturated rings. The first-order valence-electron chi connectivity index (χ1n) is 7.97. The molecule has 1 rings (SSSR count). The van der Waals surface area contributed by atoms with Crippen molar-refractivity contribution in [3.8, 4) is 0 Å². The zero-order valence-corrected chi connectivity index (χ0v) is 18.0. The first-order valence-corrected chi connectivity index (χ1v) is 8.84. The highest BCUT2D eigenvalue weighted by atomic mass is 127. The Bertz CT molecular complexity index is 497. The van der Waals surface area contributed by atoms with Crippen LogP contribution in [0.5, 0.6) is 0 Å². The standard InChI is InChI=1S/C17H28N4OS.HI/c1-13(2)21-16(22)10-11-19-17(18-4)20-12-14(3)23-15-8-6-5-7-9-15;/h5-9,13-14H,10-12H2,1-4H3,(H,21,22)(H2,18,19,20);1H. The van der Waals surface area contributed by atoms with Crippen molar-refractivity contribution in [2.24, 2.45) is 4.99 Å². The zero-order valence-electron chi connectivity index (χ0n) is 14.8. The molecule has 0 saturated carbocycles. The Balaban J connectivity index is 0.00000529. The van der Waals surface area contributed by atoms with E-state index in [9.17, 15) is 4.79 Å². The Kier molecular flexibility index (Phi) is 12.8. The van der Waals surface area contributed by atoms with Crippen LogP contribution in [-0.4, -0.2) is 43.3 Å². The van der Waals surface area contributed by atoms with Gasteiger partial charge in [-0.05, 0) is 26.0 Å². The summed E-state index contributed by atoms with van der Waals surface area (Å²) in [6.45, 7) is 7.46. The molecule has 1 aromatic carbocycles. The quantitative estimate of drug-likeness (QED) is 0.240. The molecule has 7 heteroatoms. The molecule has 1 unspecified atom stereocenters. The average molecular weight is 464 g/mol. The molecule has 0 aliphatic heterocycles. The van der Waals surface area contributed by atoms with Gasteiger partial charge in [0.15, 0.2) is 5.96 Å². The van der Waals surface area contributed by atoms with E-state index >= 15 is 0 Å². The highest BCUT2D eigenvalue weighted by Crippen LogP contribution is 2.21. The van der Waals surface area contributed by atoms with Gasteiger partial charge in [0.05, 0.1) is 0 Å². The van der Waals surface area contributed by atoms with Crippen LogP contribution in [0, 0.1) is 0 Å². The molecule has 0 saturated heterocycles. The van der Waals surface area contributed by atoms with Crippen molar-refractivity contribution in [3.63, 3.8) is 0 Å². The minimum atomic E-state index is 0. The minimum Gasteiger partial charge on any atom is -0.356 e. The molecule has 5 nitrogen and oxygen atoms in total. The molecule has 0 aliphatic carbocycles. The van der Waals surface area contributed by atoms with Gasteiger partial charge in [-0.25, -0.2) is 0 Å². The predicted octanol–water partition coefficient (Wildman–Crippen LogP) is 2.86. The number of hydrogen-bond acceptors (Lipinski definition) is 3. The monoisotopic (exact) mass is 464 g/mol. The van der Waals surface area contributed by atoms with Gasteiger partial charge in [0.1, 0.15) is 0 Å². The average Bonchev–Trinajstić information content (AvgIpc) is 2.51. The molecule has 0 aliphatic rings. The number of guanidine groups is 1. The van der Waals surface area contributed by atoms with E-state index in [1.165, 1.54) is 4.90 Å². The molecule has 136 valence electrons. The van der Waals surface area contributed by atoms with Gasteiger partial charge in [0, 0.05) is 42.7 Å². The largest absolute Gasteiger partial charge is 0.356 e. The SMILES string of the molecule is CN=C(NCCC(=O)NC(C)C)NCC(C)Sc1ccccc1.I. The van der Waals surface area contributed by atoms with Crippen molar-refractivity contribution in [2.75, 3.05) is 20.1 Å². The van der Waals surface area contributed by atoms with Crippen LogP contribution >= 0.6 is 35.7 Å². The van der Waals surface area contributed by atoms with Crippen molar-refractivity contribution in [1.82, 2.24) is 16.0 Å². The summed E-state index contributed by atoms with van der Waals surface area (Å²) in [7, 11) is 1.73. The number of halogens is 1. The predicted molar refractivity (Wildman–Crippen MR) is 114 cm³/mol. The molecule has 0 spiro atoms. The van der Waals surface area contributed by atoms with Crippen LogP contribution in [0.1, 0.15) is 27.2 Å². The van der Waals surface area contributed by atoms with Crippen molar-refractivity contribution >= 4 is 47.6 Å². The Labute approximate surface area is 166 Å². The Morgan fingerprint density at radius 1 is 1.17 bits per heavy atom. The smallest absolute Gasteiger partial charge is 0.221 e. The maximum atomic E-state index is 11.6. The van der Waals surface area contributed by atoms with Crippen molar-refractivity contribution in [3.05, 3.63) is 30.3 Å². The van der Waals surface area contributed by atoms with Crippen molar-refractivity contribution in [1.29, 1.82) is 0 Å². The number of nitrogens with one attached hydrogen (secondary N) is 3. The van der Waals surface area contributed by atoms with E-state index < -0.39 is 0 Å². The number of aliphatic imine (C=N–C) groups is 1. The van der Waals surface area contributed by atoms with E-state index in [1.807, 2.05) is 43.8 Å². The summed E-state index contributed by atoms with van der Waals surface area (Å²) >= 11 is 1.82. The second kappa shape index (κ2) is 13.3. The summed E-state index contributed by atoms with van der Waals surface area (Å²) < 4.78 is 0. The van der Waals surface area contributed by atoms with Gasteiger partial charge >= 0.3 is 0 Å². The van der Waals surface area contributed by atoms with Crippen molar-refractivity contribution in [2.45, 2.75) is 43.4 Å². The number of nitrogens with zero attached hydrogens (tertiary/aromatic N) is 1. The summed E-state index contributed by atoms with van der Waals surface area (Å²) in [5.41, 5.74) is 0. The Morgan fingerprint density at radius 2 is 1.83 bits per heavy atom.